The number of nitrogens with one attached hydrogen (secondary N) is 1. The number of halogens is 1. The molecule has 0 aliphatic carbocycles. The summed E-state index contributed by atoms with van der Waals surface area (Å²) in [7, 11) is 5.76. The topological polar surface area (TPSA) is 58.3 Å². The maximum atomic E-state index is 4.31. The van der Waals surface area contributed by atoms with Crippen molar-refractivity contribution in [3.8, 4) is 0 Å². The second-order valence-electron chi connectivity index (χ2n) is 4.96. The zero-order valence-electron chi connectivity index (χ0n) is 13.4. The second-order valence-corrected chi connectivity index (χ2v) is 4.96. The van der Waals surface area contributed by atoms with Crippen LogP contribution in [0.15, 0.2) is 35.3 Å². The SMILES string of the molecule is CN=C(NCc1nnc(C)n1C)N(C)Cc1ccccc1.I. The standard InChI is InChI=1S/C15H22N6.HI/c1-12-18-19-14(21(12)4)10-17-15(16-2)20(3)11-13-8-6-5-7-9-13;/h5-9H,10-11H2,1-4H3,(H,16,17);1H. The molecule has 0 amide bonds. The van der Waals surface area contributed by atoms with Gasteiger partial charge in [0.25, 0.3) is 0 Å². The minimum Gasteiger partial charge on any atom is -0.349 e. The number of nitrogens with zero attached hydrogens (tertiary/aromatic N) is 5. The average molecular weight is 414 g/mol. The van der Waals surface area contributed by atoms with Gasteiger partial charge >= 0.3 is 0 Å². The largest absolute Gasteiger partial charge is 0.349 e. The highest BCUT2D eigenvalue weighted by atomic mass is 127. The van der Waals surface area contributed by atoms with E-state index in [4.69, 9.17) is 0 Å². The minimum absolute atomic E-state index is 0. The maximum Gasteiger partial charge on any atom is 0.194 e. The molecule has 0 saturated heterocycles. The summed E-state index contributed by atoms with van der Waals surface area (Å²) in [4.78, 5) is 6.39. The first-order valence-electron chi connectivity index (χ1n) is 6.92. The quantitative estimate of drug-likeness (QED) is 0.472. The van der Waals surface area contributed by atoms with Crippen LogP contribution in [0.4, 0.5) is 0 Å². The predicted molar refractivity (Wildman–Crippen MR) is 99.3 cm³/mol. The van der Waals surface area contributed by atoms with Gasteiger partial charge < -0.3 is 14.8 Å². The first-order valence-corrected chi connectivity index (χ1v) is 6.92. The lowest BCUT2D eigenvalue weighted by Crippen LogP contribution is -2.38. The van der Waals surface area contributed by atoms with Crippen LogP contribution >= 0.6 is 24.0 Å². The monoisotopic (exact) mass is 414 g/mol. The van der Waals surface area contributed by atoms with Crippen molar-refractivity contribution in [1.82, 2.24) is 25.0 Å². The molecule has 2 aromatic rings. The van der Waals surface area contributed by atoms with Crippen molar-refractivity contribution in [3.05, 3.63) is 47.5 Å². The van der Waals surface area contributed by atoms with Crippen LogP contribution in [0.2, 0.25) is 0 Å². The van der Waals surface area contributed by atoms with Gasteiger partial charge in [0.05, 0.1) is 6.54 Å². The Morgan fingerprint density at radius 2 is 1.95 bits per heavy atom. The number of rotatable bonds is 4. The van der Waals surface area contributed by atoms with E-state index in [0.717, 1.165) is 24.2 Å². The van der Waals surface area contributed by atoms with Crippen molar-refractivity contribution in [2.24, 2.45) is 12.0 Å². The molecule has 22 heavy (non-hydrogen) atoms. The highest BCUT2D eigenvalue weighted by molar-refractivity contribution is 14.0. The van der Waals surface area contributed by atoms with Crippen LogP contribution in [0.25, 0.3) is 0 Å². The Morgan fingerprint density at radius 1 is 1.27 bits per heavy atom. The van der Waals surface area contributed by atoms with Crippen molar-refractivity contribution < 1.29 is 0 Å². The molecule has 0 fully saturated rings. The Bertz CT molecular complexity index is 608. The molecule has 1 aromatic heterocycles. The molecule has 1 heterocycles. The molecule has 0 atom stereocenters. The Morgan fingerprint density at radius 3 is 2.50 bits per heavy atom. The van der Waals surface area contributed by atoms with E-state index in [9.17, 15) is 0 Å². The van der Waals surface area contributed by atoms with Gasteiger partial charge in [-0.3, -0.25) is 4.99 Å². The van der Waals surface area contributed by atoms with Crippen LogP contribution < -0.4 is 5.32 Å². The number of aromatic nitrogens is 3. The van der Waals surface area contributed by atoms with Crippen molar-refractivity contribution in [2.75, 3.05) is 14.1 Å². The number of guanidine groups is 1. The Labute approximate surface area is 148 Å². The minimum atomic E-state index is 0. The number of hydrogen-bond donors (Lipinski definition) is 1. The number of aliphatic imine (C=N–C) groups is 1. The first kappa shape index (κ1) is 18.4. The van der Waals surface area contributed by atoms with Crippen molar-refractivity contribution in [3.63, 3.8) is 0 Å². The molecular formula is C15H23IN6. The zero-order valence-corrected chi connectivity index (χ0v) is 15.8. The van der Waals surface area contributed by atoms with E-state index in [2.05, 4.69) is 37.5 Å². The lowest BCUT2D eigenvalue weighted by Gasteiger charge is -2.22. The van der Waals surface area contributed by atoms with E-state index in [0.29, 0.717) is 6.54 Å². The van der Waals surface area contributed by atoms with Crippen LogP contribution in [0.3, 0.4) is 0 Å². The molecular weight excluding hydrogens is 391 g/mol. The summed E-state index contributed by atoms with van der Waals surface area (Å²) >= 11 is 0. The van der Waals surface area contributed by atoms with Crippen LogP contribution in [0.5, 0.6) is 0 Å². The molecule has 0 aliphatic heterocycles. The Kier molecular flexibility index (Phi) is 7.30. The number of hydrogen-bond acceptors (Lipinski definition) is 3. The molecule has 0 aliphatic rings. The summed E-state index contributed by atoms with van der Waals surface area (Å²) in [5.74, 6) is 2.63. The lowest BCUT2D eigenvalue weighted by atomic mass is 10.2. The molecule has 0 radical (unpaired) electrons. The molecule has 2 rings (SSSR count). The molecule has 7 heteroatoms. The molecule has 1 N–H and O–H groups in total. The molecule has 120 valence electrons. The van der Waals surface area contributed by atoms with Crippen molar-refractivity contribution >= 4 is 29.9 Å². The van der Waals surface area contributed by atoms with Gasteiger partial charge in [-0.15, -0.1) is 34.2 Å². The molecule has 0 bridgehead atoms. The smallest absolute Gasteiger partial charge is 0.194 e. The summed E-state index contributed by atoms with van der Waals surface area (Å²) < 4.78 is 1.97. The lowest BCUT2D eigenvalue weighted by molar-refractivity contribution is 0.474. The third-order valence-electron chi connectivity index (χ3n) is 3.42. The molecule has 1 aromatic carbocycles. The third-order valence-corrected chi connectivity index (χ3v) is 3.42. The Hall–Kier alpha value is -1.64. The maximum absolute atomic E-state index is 4.31. The van der Waals surface area contributed by atoms with E-state index < -0.39 is 0 Å². The van der Waals surface area contributed by atoms with Crippen molar-refractivity contribution in [1.29, 1.82) is 0 Å². The normalized spacial score (nSPS) is 11.0. The summed E-state index contributed by atoms with van der Waals surface area (Å²) in [5.41, 5.74) is 1.25. The van der Waals surface area contributed by atoms with Gasteiger partial charge in [0.1, 0.15) is 5.82 Å². The fourth-order valence-electron chi connectivity index (χ4n) is 2.08. The van der Waals surface area contributed by atoms with Gasteiger partial charge in [0, 0.05) is 27.7 Å². The molecule has 6 nitrogen and oxygen atoms in total. The highest BCUT2D eigenvalue weighted by Crippen LogP contribution is 2.03. The second kappa shape index (κ2) is 8.72. The van der Waals surface area contributed by atoms with Crippen LogP contribution in [0.1, 0.15) is 17.2 Å². The van der Waals surface area contributed by atoms with Crippen LogP contribution in [-0.2, 0) is 20.1 Å². The summed E-state index contributed by atoms with van der Waals surface area (Å²) in [6.45, 7) is 3.34. The van der Waals surface area contributed by atoms with Gasteiger partial charge in [0.2, 0.25) is 0 Å². The van der Waals surface area contributed by atoms with E-state index in [1.807, 2.05) is 43.8 Å². The van der Waals surface area contributed by atoms with E-state index >= 15 is 0 Å². The fraction of sp³-hybridized carbons (Fsp3) is 0.400. The third kappa shape index (κ3) is 4.69. The molecule has 0 saturated carbocycles. The average Bonchev–Trinajstić information content (AvgIpc) is 2.81. The van der Waals surface area contributed by atoms with Gasteiger partial charge in [-0.2, -0.15) is 0 Å². The van der Waals surface area contributed by atoms with Gasteiger partial charge in [0.15, 0.2) is 11.8 Å². The van der Waals surface area contributed by atoms with Crippen LogP contribution in [0, 0.1) is 6.92 Å². The van der Waals surface area contributed by atoms with Gasteiger partial charge in [-0.25, -0.2) is 0 Å². The molecule has 0 unspecified atom stereocenters. The highest BCUT2D eigenvalue weighted by Gasteiger charge is 2.09. The molecule has 0 spiro atoms. The summed E-state index contributed by atoms with van der Waals surface area (Å²) in [6, 6.07) is 10.3. The van der Waals surface area contributed by atoms with Crippen LogP contribution in [-0.4, -0.2) is 39.7 Å². The van der Waals surface area contributed by atoms with Crippen molar-refractivity contribution in [2.45, 2.75) is 20.0 Å². The van der Waals surface area contributed by atoms with E-state index in [1.165, 1.54) is 5.56 Å². The number of benzene rings is 1. The van der Waals surface area contributed by atoms with Gasteiger partial charge in [-0.05, 0) is 12.5 Å². The zero-order chi connectivity index (χ0) is 15.2. The fourth-order valence-corrected chi connectivity index (χ4v) is 2.08. The predicted octanol–water partition coefficient (Wildman–Crippen LogP) is 1.95. The first-order chi connectivity index (χ1) is 10.1. The van der Waals surface area contributed by atoms with Gasteiger partial charge in [-0.1, -0.05) is 30.3 Å². The van der Waals surface area contributed by atoms with E-state index in [1.54, 1.807) is 7.05 Å². The summed E-state index contributed by atoms with van der Waals surface area (Å²) in [5, 5.41) is 11.5. The number of aryl methyl sites for hydroxylation is 1. The Balaban J connectivity index is 0.00000242. The summed E-state index contributed by atoms with van der Waals surface area (Å²) in [6.07, 6.45) is 0. The van der Waals surface area contributed by atoms with E-state index in [-0.39, 0.29) is 24.0 Å².